The molecule has 0 amide bonds. The largest absolute Gasteiger partial charge is 0.394 e. The number of ether oxygens (including phenoxy) is 2. The van der Waals surface area contributed by atoms with Gasteiger partial charge in [0.05, 0.1) is 13.2 Å². The first-order valence-corrected chi connectivity index (χ1v) is 6.00. The zero-order valence-electron chi connectivity index (χ0n) is 9.82. The van der Waals surface area contributed by atoms with Crippen LogP contribution >= 0.6 is 0 Å². The fourth-order valence-corrected chi connectivity index (χ4v) is 2.14. The van der Waals surface area contributed by atoms with Gasteiger partial charge in [-0.15, -0.1) is 0 Å². The highest BCUT2D eigenvalue weighted by molar-refractivity contribution is 5.22. The molecule has 16 heavy (non-hydrogen) atoms. The van der Waals surface area contributed by atoms with Crippen LogP contribution in [0.5, 0.6) is 0 Å². The van der Waals surface area contributed by atoms with E-state index in [4.69, 9.17) is 14.6 Å². The van der Waals surface area contributed by atoms with E-state index in [-0.39, 0.29) is 12.7 Å². The summed E-state index contributed by atoms with van der Waals surface area (Å²) in [6.07, 6.45) is 10.6. The minimum atomic E-state index is -0.514. The zero-order valence-corrected chi connectivity index (χ0v) is 9.82. The molecule has 3 heteroatoms. The quantitative estimate of drug-likeness (QED) is 0.795. The van der Waals surface area contributed by atoms with Crippen molar-refractivity contribution in [3.63, 3.8) is 0 Å². The number of allylic oxidation sites excluding steroid dienone is 4. The van der Waals surface area contributed by atoms with E-state index in [1.165, 1.54) is 5.57 Å². The molecule has 1 aliphatic heterocycles. The van der Waals surface area contributed by atoms with Gasteiger partial charge in [0.1, 0.15) is 6.10 Å². The lowest BCUT2D eigenvalue weighted by Crippen LogP contribution is -2.27. The van der Waals surface area contributed by atoms with Gasteiger partial charge in [-0.3, -0.25) is 0 Å². The molecule has 0 bridgehead atoms. The van der Waals surface area contributed by atoms with Crippen LogP contribution in [0.15, 0.2) is 23.8 Å². The molecule has 2 unspecified atom stereocenters. The number of hydrogen-bond donors (Lipinski definition) is 1. The predicted octanol–water partition coefficient (Wildman–Crippen LogP) is 2.17. The smallest absolute Gasteiger partial charge is 0.166 e. The van der Waals surface area contributed by atoms with E-state index in [0.717, 1.165) is 25.7 Å². The molecule has 0 aromatic rings. The van der Waals surface area contributed by atoms with Crippen molar-refractivity contribution in [2.24, 2.45) is 0 Å². The Morgan fingerprint density at radius 1 is 1.50 bits per heavy atom. The van der Waals surface area contributed by atoms with Gasteiger partial charge in [0.25, 0.3) is 0 Å². The van der Waals surface area contributed by atoms with Crippen LogP contribution in [0.4, 0.5) is 0 Å². The van der Waals surface area contributed by atoms with Crippen LogP contribution in [-0.2, 0) is 9.47 Å². The number of rotatable bonds is 4. The average Bonchev–Trinajstić information content (AvgIpc) is 2.71. The second-order valence-electron chi connectivity index (χ2n) is 4.63. The highest BCUT2D eigenvalue weighted by Gasteiger charge is 2.36. The number of hydrogen-bond acceptors (Lipinski definition) is 3. The van der Waals surface area contributed by atoms with Crippen molar-refractivity contribution in [1.29, 1.82) is 0 Å². The van der Waals surface area contributed by atoms with Gasteiger partial charge in [0.15, 0.2) is 5.79 Å². The van der Waals surface area contributed by atoms with E-state index >= 15 is 0 Å². The maximum absolute atomic E-state index is 8.99. The summed E-state index contributed by atoms with van der Waals surface area (Å²) in [4.78, 5) is 0. The van der Waals surface area contributed by atoms with Gasteiger partial charge in [0.2, 0.25) is 0 Å². The molecule has 2 atom stereocenters. The van der Waals surface area contributed by atoms with E-state index in [0.29, 0.717) is 6.61 Å². The molecule has 0 radical (unpaired) electrons. The highest BCUT2D eigenvalue weighted by Crippen LogP contribution is 2.30. The van der Waals surface area contributed by atoms with E-state index in [9.17, 15) is 0 Å². The van der Waals surface area contributed by atoms with Crippen molar-refractivity contribution in [1.82, 2.24) is 0 Å². The van der Waals surface area contributed by atoms with Gasteiger partial charge in [0, 0.05) is 6.42 Å². The Morgan fingerprint density at radius 3 is 3.00 bits per heavy atom. The van der Waals surface area contributed by atoms with Gasteiger partial charge in [-0.25, -0.2) is 0 Å². The topological polar surface area (TPSA) is 38.7 Å². The molecule has 0 aromatic carbocycles. The normalized spacial score (nSPS) is 34.1. The summed E-state index contributed by atoms with van der Waals surface area (Å²) in [6, 6.07) is 0. The lowest BCUT2D eigenvalue weighted by molar-refractivity contribution is -0.161. The van der Waals surface area contributed by atoms with Crippen LogP contribution in [-0.4, -0.2) is 30.2 Å². The molecular weight excluding hydrogens is 204 g/mol. The molecule has 0 aromatic heterocycles. The minimum absolute atomic E-state index is 0.0399. The van der Waals surface area contributed by atoms with Crippen molar-refractivity contribution in [2.75, 3.05) is 13.2 Å². The van der Waals surface area contributed by atoms with Gasteiger partial charge < -0.3 is 14.6 Å². The second-order valence-corrected chi connectivity index (χ2v) is 4.63. The summed E-state index contributed by atoms with van der Waals surface area (Å²) in [5.74, 6) is -0.514. The van der Waals surface area contributed by atoms with Crippen LogP contribution in [0.2, 0.25) is 0 Å². The molecule has 2 aliphatic rings. The molecule has 1 N–H and O–H groups in total. The third-order valence-electron chi connectivity index (χ3n) is 3.13. The first-order chi connectivity index (χ1) is 7.72. The third kappa shape index (κ3) is 2.94. The maximum Gasteiger partial charge on any atom is 0.166 e. The van der Waals surface area contributed by atoms with Crippen LogP contribution in [0, 0.1) is 0 Å². The third-order valence-corrected chi connectivity index (χ3v) is 3.13. The predicted molar refractivity (Wildman–Crippen MR) is 62.0 cm³/mol. The second kappa shape index (κ2) is 5.13. The summed E-state index contributed by atoms with van der Waals surface area (Å²) in [5.41, 5.74) is 1.37. The summed E-state index contributed by atoms with van der Waals surface area (Å²) in [7, 11) is 0. The van der Waals surface area contributed by atoms with E-state index in [2.05, 4.69) is 18.2 Å². The SMILES string of the molecule is CC1(CCC2=CCCC=C2)OCC(CO)O1. The fraction of sp³-hybridized carbons (Fsp3) is 0.692. The first-order valence-electron chi connectivity index (χ1n) is 6.00. The maximum atomic E-state index is 8.99. The standard InChI is InChI=1S/C13H20O3/c1-13(15-10-12(9-14)16-13)8-7-11-5-3-2-4-6-11/h3,5-6,12,14H,2,4,7-10H2,1H3. The van der Waals surface area contributed by atoms with E-state index < -0.39 is 5.79 Å². The van der Waals surface area contributed by atoms with E-state index in [1.807, 2.05) is 6.92 Å². The van der Waals surface area contributed by atoms with Gasteiger partial charge in [-0.05, 0) is 26.2 Å². The molecule has 1 heterocycles. The molecule has 0 saturated carbocycles. The number of aliphatic hydroxyl groups is 1. The summed E-state index contributed by atoms with van der Waals surface area (Å²) >= 11 is 0. The van der Waals surface area contributed by atoms with Crippen molar-refractivity contribution in [3.05, 3.63) is 23.8 Å². The molecule has 2 rings (SSSR count). The fourth-order valence-electron chi connectivity index (χ4n) is 2.14. The van der Waals surface area contributed by atoms with Crippen LogP contribution < -0.4 is 0 Å². The molecule has 3 nitrogen and oxygen atoms in total. The zero-order chi connectivity index (χ0) is 11.4. The van der Waals surface area contributed by atoms with Gasteiger partial charge >= 0.3 is 0 Å². The monoisotopic (exact) mass is 224 g/mol. The van der Waals surface area contributed by atoms with Crippen molar-refractivity contribution < 1.29 is 14.6 Å². The Bertz CT molecular complexity index is 296. The average molecular weight is 224 g/mol. The van der Waals surface area contributed by atoms with Gasteiger partial charge in [-0.1, -0.05) is 23.8 Å². The van der Waals surface area contributed by atoms with Crippen molar-refractivity contribution in [2.45, 2.75) is 44.5 Å². The molecular formula is C13H20O3. The minimum Gasteiger partial charge on any atom is -0.394 e. The lowest BCUT2D eigenvalue weighted by Gasteiger charge is -2.23. The Morgan fingerprint density at radius 2 is 2.38 bits per heavy atom. The van der Waals surface area contributed by atoms with Crippen molar-refractivity contribution >= 4 is 0 Å². The number of aliphatic hydroxyl groups excluding tert-OH is 1. The molecule has 0 spiro atoms. The first kappa shape index (κ1) is 11.8. The molecule has 1 aliphatic carbocycles. The summed E-state index contributed by atoms with van der Waals surface area (Å²) < 4.78 is 11.3. The summed E-state index contributed by atoms with van der Waals surface area (Å²) in [6.45, 7) is 2.50. The molecule has 90 valence electrons. The van der Waals surface area contributed by atoms with Crippen molar-refractivity contribution in [3.8, 4) is 0 Å². The highest BCUT2D eigenvalue weighted by atomic mass is 16.7. The van der Waals surface area contributed by atoms with Crippen LogP contribution in [0.1, 0.15) is 32.6 Å². The van der Waals surface area contributed by atoms with Crippen LogP contribution in [0.25, 0.3) is 0 Å². The molecule has 1 fully saturated rings. The summed E-state index contributed by atoms with van der Waals surface area (Å²) in [5, 5.41) is 8.99. The van der Waals surface area contributed by atoms with E-state index in [1.54, 1.807) is 0 Å². The van der Waals surface area contributed by atoms with Crippen LogP contribution in [0.3, 0.4) is 0 Å². The van der Waals surface area contributed by atoms with Gasteiger partial charge in [-0.2, -0.15) is 0 Å². The Kier molecular flexibility index (Phi) is 3.79. The molecule has 1 saturated heterocycles. The Labute approximate surface area is 96.7 Å². The Balaban J connectivity index is 1.81. The lowest BCUT2D eigenvalue weighted by atomic mass is 10.0. The Hall–Kier alpha value is -0.640.